The molecule has 0 aliphatic heterocycles. The molecule has 1 aromatic rings. The Morgan fingerprint density at radius 2 is 1.76 bits per heavy atom. The molecule has 3 nitrogen and oxygen atoms in total. The molecule has 96 valence electrons. The van der Waals surface area contributed by atoms with Gasteiger partial charge in [-0.15, -0.1) is 0 Å². The first kappa shape index (κ1) is 14.2. The summed E-state index contributed by atoms with van der Waals surface area (Å²) in [5.41, 5.74) is 7.20. The molecule has 4 N–H and O–H groups in total. The molecule has 1 aromatic carbocycles. The lowest BCUT2D eigenvalue weighted by atomic mass is 10.0. The first-order valence-corrected chi connectivity index (χ1v) is 6.24. The maximum Gasteiger partial charge on any atom is 0.0668 e. The average Bonchev–Trinajstić information content (AvgIpc) is 2.29. The van der Waals surface area contributed by atoms with E-state index in [1.54, 1.807) is 6.92 Å². The number of nitrogens with one attached hydrogen (secondary N) is 1. The van der Waals surface area contributed by atoms with E-state index >= 15 is 0 Å². The minimum atomic E-state index is -0.417. The van der Waals surface area contributed by atoms with Crippen molar-refractivity contribution in [3.8, 4) is 0 Å². The van der Waals surface area contributed by atoms with Gasteiger partial charge in [-0.1, -0.05) is 44.2 Å². The molecule has 0 amide bonds. The van der Waals surface area contributed by atoms with Gasteiger partial charge in [0.1, 0.15) is 0 Å². The van der Waals surface area contributed by atoms with Crippen molar-refractivity contribution in [3.05, 3.63) is 35.9 Å². The van der Waals surface area contributed by atoms with Gasteiger partial charge in [-0.3, -0.25) is 5.32 Å². The Morgan fingerprint density at radius 3 is 2.24 bits per heavy atom. The van der Waals surface area contributed by atoms with E-state index in [0.717, 1.165) is 6.42 Å². The molecular formula is C14H24N2O. The summed E-state index contributed by atoms with van der Waals surface area (Å²) in [6, 6.07) is 10.1. The predicted octanol–water partition coefficient (Wildman–Crippen LogP) is 1.51. The molecule has 0 aliphatic carbocycles. The first-order valence-electron chi connectivity index (χ1n) is 6.24. The van der Waals surface area contributed by atoms with Crippen molar-refractivity contribution in [3.63, 3.8) is 0 Å². The maximum absolute atomic E-state index is 9.79. The van der Waals surface area contributed by atoms with Crippen LogP contribution in [-0.4, -0.2) is 23.4 Å². The van der Waals surface area contributed by atoms with Crippen LogP contribution >= 0.6 is 0 Å². The largest absolute Gasteiger partial charge is 0.392 e. The van der Waals surface area contributed by atoms with Crippen LogP contribution in [-0.2, 0) is 6.42 Å². The number of nitrogens with two attached hydrogens (primary N) is 1. The molecule has 0 radical (unpaired) electrons. The third-order valence-electron chi connectivity index (χ3n) is 3.01. The maximum atomic E-state index is 9.79. The van der Waals surface area contributed by atoms with Crippen molar-refractivity contribution in [1.82, 2.24) is 5.32 Å². The molecule has 0 saturated carbocycles. The number of benzene rings is 1. The third-order valence-corrected chi connectivity index (χ3v) is 3.01. The highest BCUT2D eigenvalue weighted by Gasteiger charge is 2.19. The molecule has 0 aliphatic rings. The number of hydrogen-bond acceptors (Lipinski definition) is 3. The molecule has 3 heteroatoms. The Morgan fingerprint density at radius 1 is 1.18 bits per heavy atom. The predicted molar refractivity (Wildman–Crippen MR) is 71.6 cm³/mol. The van der Waals surface area contributed by atoms with Crippen LogP contribution in [0.4, 0.5) is 0 Å². The van der Waals surface area contributed by atoms with E-state index in [1.807, 2.05) is 18.2 Å². The Hall–Kier alpha value is -0.900. The van der Waals surface area contributed by atoms with Crippen LogP contribution in [0.3, 0.4) is 0 Å². The van der Waals surface area contributed by atoms with E-state index in [2.05, 4.69) is 31.3 Å². The second-order valence-corrected chi connectivity index (χ2v) is 4.97. The SMILES string of the molecule is CC(C)C(N)N[C@@H](Cc1ccccc1)[C@@H](C)O. The van der Waals surface area contributed by atoms with Gasteiger partial charge < -0.3 is 10.8 Å². The van der Waals surface area contributed by atoms with E-state index < -0.39 is 6.10 Å². The molecule has 0 heterocycles. The summed E-state index contributed by atoms with van der Waals surface area (Å²) < 4.78 is 0. The van der Waals surface area contributed by atoms with Gasteiger partial charge in [-0.25, -0.2) is 0 Å². The minimum absolute atomic E-state index is 0.00481. The smallest absolute Gasteiger partial charge is 0.0668 e. The molecule has 0 fully saturated rings. The van der Waals surface area contributed by atoms with Crippen LogP contribution in [0.1, 0.15) is 26.3 Å². The van der Waals surface area contributed by atoms with Gasteiger partial charge in [0.2, 0.25) is 0 Å². The number of rotatable bonds is 6. The summed E-state index contributed by atoms with van der Waals surface area (Å²) in [4.78, 5) is 0. The van der Waals surface area contributed by atoms with Crippen LogP contribution in [0.5, 0.6) is 0 Å². The van der Waals surface area contributed by atoms with Gasteiger partial charge in [-0.2, -0.15) is 0 Å². The van der Waals surface area contributed by atoms with E-state index in [9.17, 15) is 5.11 Å². The van der Waals surface area contributed by atoms with Crippen LogP contribution in [0.2, 0.25) is 0 Å². The van der Waals surface area contributed by atoms with Crippen molar-refractivity contribution >= 4 is 0 Å². The van der Waals surface area contributed by atoms with Gasteiger partial charge in [0, 0.05) is 6.04 Å². The normalized spacial score (nSPS) is 16.8. The van der Waals surface area contributed by atoms with Crippen LogP contribution < -0.4 is 11.1 Å². The van der Waals surface area contributed by atoms with Gasteiger partial charge in [-0.05, 0) is 24.8 Å². The number of hydrogen-bond donors (Lipinski definition) is 3. The summed E-state index contributed by atoms with van der Waals surface area (Å²) in [6.07, 6.45) is 0.289. The first-order chi connectivity index (χ1) is 8.00. The minimum Gasteiger partial charge on any atom is -0.392 e. The van der Waals surface area contributed by atoms with E-state index in [0.29, 0.717) is 5.92 Å². The summed E-state index contributed by atoms with van der Waals surface area (Å²) in [6.45, 7) is 5.94. The van der Waals surface area contributed by atoms with Gasteiger partial charge >= 0.3 is 0 Å². The topological polar surface area (TPSA) is 58.3 Å². The van der Waals surface area contributed by atoms with Crippen molar-refractivity contribution < 1.29 is 5.11 Å². The van der Waals surface area contributed by atoms with E-state index in [1.165, 1.54) is 5.56 Å². The molecular weight excluding hydrogens is 212 g/mol. The Balaban J connectivity index is 2.61. The zero-order valence-electron chi connectivity index (χ0n) is 10.9. The third kappa shape index (κ3) is 4.86. The quantitative estimate of drug-likeness (QED) is 0.656. The van der Waals surface area contributed by atoms with Crippen LogP contribution in [0, 0.1) is 5.92 Å². The monoisotopic (exact) mass is 236 g/mol. The standard InChI is InChI=1S/C14H24N2O/c1-10(2)14(15)16-13(11(3)17)9-12-7-5-4-6-8-12/h4-8,10-11,13-14,16-17H,9,15H2,1-3H3/t11-,13+,14?/m1/s1. The summed E-state index contributed by atoms with van der Waals surface area (Å²) >= 11 is 0. The fraction of sp³-hybridized carbons (Fsp3) is 0.571. The molecule has 1 rings (SSSR count). The zero-order chi connectivity index (χ0) is 12.8. The van der Waals surface area contributed by atoms with Crippen molar-refractivity contribution in [2.75, 3.05) is 0 Å². The van der Waals surface area contributed by atoms with Crippen molar-refractivity contribution in [2.24, 2.45) is 11.7 Å². The van der Waals surface area contributed by atoms with Gasteiger partial charge in [0.05, 0.1) is 12.3 Å². The van der Waals surface area contributed by atoms with Crippen LogP contribution in [0.15, 0.2) is 30.3 Å². The molecule has 0 spiro atoms. The highest BCUT2D eigenvalue weighted by atomic mass is 16.3. The lowest BCUT2D eigenvalue weighted by Gasteiger charge is -2.27. The van der Waals surface area contributed by atoms with Crippen molar-refractivity contribution in [2.45, 2.75) is 45.5 Å². The van der Waals surface area contributed by atoms with Gasteiger partial charge in [0.15, 0.2) is 0 Å². The zero-order valence-corrected chi connectivity index (χ0v) is 10.9. The van der Waals surface area contributed by atoms with E-state index in [4.69, 9.17) is 5.73 Å². The van der Waals surface area contributed by atoms with Crippen molar-refractivity contribution in [1.29, 1.82) is 0 Å². The summed E-state index contributed by atoms with van der Waals surface area (Å²) in [7, 11) is 0. The lowest BCUT2D eigenvalue weighted by Crippen LogP contribution is -2.52. The highest BCUT2D eigenvalue weighted by Crippen LogP contribution is 2.08. The average molecular weight is 236 g/mol. The Kier molecular flexibility index (Phi) is 5.62. The summed E-state index contributed by atoms with van der Waals surface area (Å²) in [5, 5.41) is 13.1. The molecule has 0 aromatic heterocycles. The number of aliphatic hydroxyl groups excluding tert-OH is 1. The molecule has 0 saturated heterocycles. The molecule has 17 heavy (non-hydrogen) atoms. The van der Waals surface area contributed by atoms with E-state index in [-0.39, 0.29) is 12.2 Å². The number of aliphatic hydroxyl groups is 1. The lowest BCUT2D eigenvalue weighted by molar-refractivity contribution is 0.132. The second kappa shape index (κ2) is 6.74. The fourth-order valence-electron chi connectivity index (χ4n) is 1.68. The fourth-order valence-corrected chi connectivity index (χ4v) is 1.68. The van der Waals surface area contributed by atoms with Crippen LogP contribution in [0.25, 0.3) is 0 Å². The summed E-state index contributed by atoms with van der Waals surface area (Å²) in [5.74, 6) is 0.354. The Bertz CT molecular complexity index is 311. The van der Waals surface area contributed by atoms with Gasteiger partial charge in [0.25, 0.3) is 0 Å². The highest BCUT2D eigenvalue weighted by molar-refractivity contribution is 5.16. The second-order valence-electron chi connectivity index (χ2n) is 4.97. The molecule has 0 bridgehead atoms. The molecule has 1 unspecified atom stereocenters. The molecule has 3 atom stereocenters. The Labute approximate surface area is 104 Å².